The van der Waals surface area contributed by atoms with E-state index in [1.54, 1.807) is 7.11 Å². The monoisotopic (exact) mass is 358 g/mol. The van der Waals surface area contributed by atoms with Gasteiger partial charge in [0, 0.05) is 31.1 Å². The molecule has 4 rings (SSSR count). The van der Waals surface area contributed by atoms with Gasteiger partial charge in [-0.2, -0.15) is 0 Å². The molecule has 3 aliphatic rings. The van der Waals surface area contributed by atoms with Crippen LogP contribution in [0.2, 0.25) is 0 Å². The Bertz CT molecular complexity index is 760. The van der Waals surface area contributed by atoms with Crippen LogP contribution in [0.4, 0.5) is 4.79 Å². The number of aliphatic hydroxyl groups is 1. The summed E-state index contributed by atoms with van der Waals surface area (Å²) in [6, 6.07) is 3.99. The molecule has 2 N–H and O–H groups in total. The molecule has 2 aliphatic heterocycles. The summed E-state index contributed by atoms with van der Waals surface area (Å²) in [6.45, 7) is 5.10. The maximum atomic E-state index is 12.6. The van der Waals surface area contributed by atoms with Crippen molar-refractivity contribution >= 4 is 6.03 Å². The van der Waals surface area contributed by atoms with Gasteiger partial charge in [0.05, 0.1) is 18.6 Å². The number of methoxy groups -OCH3 is 1. The van der Waals surface area contributed by atoms with Crippen LogP contribution < -0.4 is 14.8 Å². The van der Waals surface area contributed by atoms with E-state index < -0.39 is 6.10 Å². The summed E-state index contributed by atoms with van der Waals surface area (Å²) >= 11 is 0. The molecule has 6 heteroatoms. The predicted octanol–water partition coefficient (Wildman–Crippen LogP) is 2.34. The fourth-order valence-corrected chi connectivity index (χ4v) is 4.45. The van der Waals surface area contributed by atoms with Crippen molar-refractivity contribution in [1.82, 2.24) is 10.2 Å². The van der Waals surface area contributed by atoms with E-state index in [1.165, 1.54) is 0 Å². The lowest BCUT2D eigenvalue weighted by atomic mass is 9.69. The smallest absolute Gasteiger partial charge is 0.317 e. The van der Waals surface area contributed by atoms with Crippen molar-refractivity contribution in [2.75, 3.05) is 13.7 Å². The normalized spacial score (nSPS) is 28.9. The highest BCUT2D eigenvalue weighted by Gasteiger charge is 2.53. The van der Waals surface area contributed by atoms with E-state index in [9.17, 15) is 9.90 Å². The second-order valence-corrected chi connectivity index (χ2v) is 7.72. The summed E-state index contributed by atoms with van der Waals surface area (Å²) < 4.78 is 11.8. The lowest BCUT2D eigenvalue weighted by molar-refractivity contribution is 0.0820. The van der Waals surface area contributed by atoms with Crippen molar-refractivity contribution in [1.29, 1.82) is 0 Å². The average Bonchev–Trinajstić information content (AvgIpc) is 2.82. The van der Waals surface area contributed by atoms with Gasteiger partial charge in [-0.1, -0.05) is 18.2 Å². The first-order valence-corrected chi connectivity index (χ1v) is 9.24. The van der Waals surface area contributed by atoms with Crippen molar-refractivity contribution in [2.24, 2.45) is 0 Å². The van der Waals surface area contributed by atoms with Crippen LogP contribution in [0.5, 0.6) is 11.5 Å². The highest BCUT2D eigenvalue weighted by atomic mass is 16.5. The molecule has 1 spiro atoms. The Labute approximate surface area is 153 Å². The number of aliphatic hydroxyl groups excluding tert-OH is 1. The molecular formula is C20H26N2O4. The molecule has 2 amide bonds. The quantitative estimate of drug-likeness (QED) is 0.796. The lowest BCUT2D eigenvalue weighted by Crippen LogP contribution is -2.45. The number of nitrogens with zero attached hydrogens (tertiary/aromatic N) is 1. The minimum absolute atomic E-state index is 0.0433. The van der Waals surface area contributed by atoms with E-state index in [2.05, 4.69) is 11.4 Å². The highest BCUT2D eigenvalue weighted by Crippen LogP contribution is 2.55. The maximum absolute atomic E-state index is 12.6. The third kappa shape index (κ3) is 2.55. The number of carbonyl (C=O) groups is 1. The molecule has 3 atom stereocenters. The zero-order valence-corrected chi connectivity index (χ0v) is 15.5. The van der Waals surface area contributed by atoms with Crippen LogP contribution in [0.1, 0.15) is 37.8 Å². The number of urea groups is 1. The number of amides is 2. The number of rotatable bonds is 2. The Hall–Kier alpha value is -2.21. The summed E-state index contributed by atoms with van der Waals surface area (Å²) in [4.78, 5) is 14.5. The molecule has 0 fully saturated rings. The molecule has 0 bridgehead atoms. The number of hydrogen-bond donors (Lipinski definition) is 2. The standard InChI is InChI=1S/C20H26N2O4/c1-12(2)21-19(24)22-9-8-20-7-6-14(23)10-16(20)26-18-15(25-3)5-4-13(11-22)17(18)20/h4-7,12,14,16,23H,8-11H2,1-3H3,(H,21,24)/t14-,16+,20+/m1/s1. The van der Waals surface area contributed by atoms with E-state index in [1.807, 2.05) is 37.0 Å². The van der Waals surface area contributed by atoms with Crippen molar-refractivity contribution in [2.45, 2.75) is 56.9 Å². The summed E-state index contributed by atoms with van der Waals surface area (Å²) in [5.41, 5.74) is 1.89. The number of benzene rings is 1. The largest absolute Gasteiger partial charge is 0.493 e. The fraction of sp³-hybridized carbons (Fsp3) is 0.550. The average molecular weight is 358 g/mol. The molecule has 0 unspecified atom stereocenters. The number of hydrogen-bond acceptors (Lipinski definition) is 4. The van der Waals surface area contributed by atoms with Crippen LogP contribution in [0.25, 0.3) is 0 Å². The fourth-order valence-electron chi connectivity index (χ4n) is 4.45. The first-order chi connectivity index (χ1) is 12.4. The van der Waals surface area contributed by atoms with E-state index >= 15 is 0 Å². The first kappa shape index (κ1) is 17.2. The van der Waals surface area contributed by atoms with Gasteiger partial charge in [-0.05, 0) is 31.9 Å². The number of ether oxygens (including phenoxy) is 2. The molecule has 1 aromatic carbocycles. The topological polar surface area (TPSA) is 71.0 Å². The minimum Gasteiger partial charge on any atom is -0.493 e. The molecule has 2 heterocycles. The first-order valence-electron chi connectivity index (χ1n) is 9.24. The van der Waals surface area contributed by atoms with Crippen LogP contribution >= 0.6 is 0 Å². The van der Waals surface area contributed by atoms with Gasteiger partial charge in [-0.3, -0.25) is 0 Å². The van der Waals surface area contributed by atoms with Crippen molar-refractivity contribution in [3.8, 4) is 11.5 Å². The molecule has 6 nitrogen and oxygen atoms in total. The Morgan fingerprint density at radius 3 is 3.00 bits per heavy atom. The van der Waals surface area contributed by atoms with E-state index in [0.29, 0.717) is 25.3 Å². The Balaban J connectivity index is 1.79. The highest BCUT2D eigenvalue weighted by molar-refractivity contribution is 5.75. The van der Waals surface area contributed by atoms with Crippen molar-refractivity contribution in [3.05, 3.63) is 35.4 Å². The van der Waals surface area contributed by atoms with Gasteiger partial charge < -0.3 is 24.8 Å². The maximum Gasteiger partial charge on any atom is 0.317 e. The van der Waals surface area contributed by atoms with Crippen molar-refractivity contribution < 1.29 is 19.4 Å². The third-order valence-electron chi connectivity index (χ3n) is 5.66. The molecule has 1 aromatic rings. The van der Waals surface area contributed by atoms with E-state index in [0.717, 1.165) is 23.3 Å². The Morgan fingerprint density at radius 2 is 2.27 bits per heavy atom. The van der Waals surface area contributed by atoms with Crippen LogP contribution in [0.15, 0.2) is 24.3 Å². The van der Waals surface area contributed by atoms with Gasteiger partial charge >= 0.3 is 6.03 Å². The zero-order chi connectivity index (χ0) is 18.5. The van der Waals surface area contributed by atoms with Crippen LogP contribution in [-0.4, -0.2) is 47.9 Å². The van der Waals surface area contributed by atoms with Crippen LogP contribution in [0.3, 0.4) is 0 Å². The molecule has 140 valence electrons. The summed E-state index contributed by atoms with van der Waals surface area (Å²) in [6.07, 6.45) is 4.62. The van der Waals surface area contributed by atoms with Gasteiger partial charge in [0.1, 0.15) is 6.10 Å². The predicted molar refractivity (Wildman–Crippen MR) is 97.5 cm³/mol. The minimum atomic E-state index is -0.502. The van der Waals surface area contributed by atoms with Crippen LogP contribution in [-0.2, 0) is 12.0 Å². The SMILES string of the molecule is COc1ccc2c3c1O[C@H]1C[C@H](O)C=C[C@@]31CCN(C(=O)NC(C)C)C2. The van der Waals surface area contributed by atoms with Gasteiger partial charge in [-0.15, -0.1) is 0 Å². The second-order valence-electron chi connectivity index (χ2n) is 7.72. The Kier molecular flexibility index (Phi) is 4.10. The molecule has 0 radical (unpaired) electrons. The van der Waals surface area contributed by atoms with Gasteiger partial charge in [0.15, 0.2) is 11.5 Å². The Morgan fingerprint density at radius 1 is 1.46 bits per heavy atom. The van der Waals surface area contributed by atoms with Crippen molar-refractivity contribution in [3.63, 3.8) is 0 Å². The molecule has 0 saturated carbocycles. The van der Waals surface area contributed by atoms with E-state index in [-0.39, 0.29) is 23.6 Å². The van der Waals surface area contributed by atoms with Gasteiger partial charge in [-0.25, -0.2) is 4.79 Å². The number of nitrogens with one attached hydrogen (secondary N) is 1. The summed E-state index contributed by atoms with van der Waals surface area (Å²) in [5.74, 6) is 1.47. The lowest BCUT2D eigenvalue weighted by Gasteiger charge is -2.35. The van der Waals surface area contributed by atoms with E-state index in [4.69, 9.17) is 9.47 Å². The molecule has 26 heavy (non-hydrogen) atoms. The third-order valence-corrected chi connectivity index (χ3v) is 5.66. The zero-order valence-electron chi connectivity index (χ0n) is 15.5. The molecule has 0 aromatic heterocycles. The molecule has 1 aliphatic carbocycles. The summed E-state index contributed by atoms with van der Waals surface area (Å²) in [7, 11) is 1.64. The van der Waals surface area contributed by atoms with Gasteiger partial charge in [0.2, 0.25) is 0 Å². The number of carbonyl (C=O) groups excluding carboxylic acids is 1. The summed E-state index contributed by atoms with van der Waals surface area (Å²) in [5, 5.41) is 13.1. The molecule has 0 saturated heterocycles. The molecular weight excluding hydrogens is 332 g/mol. The second kappa shape index (κ2) is 6.20. The van der Waals surface area contributed by atoms with Crippen LogP contribution in [0, 0.1) is 0 Å². The van der Waals surface area contributed by atoms with Gasteiger partial charge in [0.25, 0.3) is 0 Å².